The maximum Gasteiger partial charge on any atom is 0.159 e. The molecular formula is C18H18F4O2. The van der Waals surface area contributed by atoms with E-state index in [-0.39, 0.29) is 25.6 Å². The van der Waals surface area contributed by atoms with Crippen molar-refractivity contribution in [1.82, 2.24) is 0 Å². The van der Waals surface area contributed by atoms with Crippen molar-refractivity contribution in [3.8, 4) is 0 Å². The van der Waals surface area contributed by atoms with Crippen LogP contribution >= 0.6 is 0 Å². The lowest BCUT2D eigenvalue weighted by Crippen LogP contribution is -2.16. The summed E-state index contributed by atoms with van der Waals surface area (Å²) in [7, 11) is 0. The van der Waals surface area contributed by atoms with Crippen LogP contribution in [0.4, 0.5) is 17.6 Å². The highest BCUT2D eigenvalue weighted by Gasteiger charge is 2.17. The van der Waals surface area contributed by atoms with Crippen LogP contribution < -0.4 is 0 Å². The van der Waals surface area contributed by atoms with Crippen molar-refractivity contribution < 1.29 is 27.4 Å². The molecule has 2 atom stereocenters. The highest BCUT2D eigenvalue weighted by atomic mass is 19.2. The van der Waals surface area contributed by atoms with E-state index in [4.69, 9.17) is 9.84 Å². The molecule has 24 heavy (non-hydrogen) atoms. The van der Waals surface area contributed by atoms with E-state index < -0.39 is 29.4 Å². The number of rotatable bonds is 7. The lowest BCUT2D eigenvalue weighted by Gasteiger charge is -2.21. The van der Waals surface area contributed by atoms with E-state index in [0.29, 0.717) is 11.1 Å². The summed E-state index contributed by atoms with van der Waals surface area (Å²) in [6.45, 7) is 1.86. The predicted molar refractivity (Wildman–Crippen MR) is 81.4 cm³/mol. The Hall–Kier alpha value is -1.92. The van der Waals surface area contributed by atoms with Crippen molar-refractivity contribution >= 4 is 0 Å². The highest BCUT2D eigenvalue weighted by molar-refractivity contribution is 5.25. The van der Waals surface area contributed by atoms with Crippen molar-refractivity contribution in [2.75, 3.05) is 13.2 Å². The van der Waals surface area contributed by atoms with Gasteiger partial charge in [-0.3, -0.25) is 0 Å². The van der Waals surface area contributed by atoms with E-state index >= 15 is 0 Å². The Bertz CT molecular complexity index is 691. The number of ether oxygens (including phenoxy) is 1. The van der Waals surface area contributed by atoms with Gasteiger partial charge >= 0.3 is 0 Å². The summed E-state index contributed by atoms with van der Waals surface area (Å²) < 4.78 is 58.7. The van der Waals surface area contributed by atoms with Crippen LogP contribution in [0.5, 0.6) is 0 Å². The molecule has 0 amide bonds. The zero-order valence-electron chi connectivity index (χ0n) is 13.1. The summed E-state index contributed by atoms with van der Waals surface area (Å²) in [5.74, 6) is -4.09. The molecule has 0 bridgehead atoms. The fourth-order valence-corrected chi connectivity index (χ4v) is 2.20. The van der Waals surface area contributed by atoms with Crippen LogP contribution in [0.1, 0.15) is 24.2 Å². The van der Waals surface area contributed by atoms with E-state index in [0.717, 1.165) is 24.3 Å². The van der Waals surface area contributed by atoms with Crippen LogP contribution in [0.3, 0.4) is 0 Å². The van der Waals surface area contributed by atoms with Gasteiger partial charge in [-0.2, -0.15) is 0 Å². The van der Waals surface area contributed by atoms with Crippen molar-refractivity contribution in [1.29, 1.82) is 0 Å². The highest BCUT2D eigenvalue weighted by Crippen LogP contribution is 2.25. The minimum absolute atomic E-state index is 0.0876. The number of aliphatic hydroxyl groups excluding tert-OH is 1. The van der Waals surface area contributed by atoms with Gasteiger partial charge in [-0.25, -0.2) is 17.6 Å². The molecule has 0 heterocycles. The van der Waals surface area contributed by atoms with Gasteiger partial charge in [0.15, 0.2) is 23.3 Å². The molecule has 0 radical (unpaired) electrons. The quantitative estimate of drug-likeness (QED) is 0.765. The molecule has 6 heteroatoms. The molecule has 0 saturated heterocycles. The van der Waals surface area contributed by atoms with Crippen molar-refractivity contribution in [2.45, 2.75) is 19.4 Å². The van der Waals surface area contributed by atoms with Crippen LogP contribution in [0.15, 0.2) is 36.4 Å². The molecule has 2 aromatic rings. The molecule has 0 aromatic heterocycles. The second-order valence-electron chi connectivity index (χ2n) is 5.74. The maximum atomic E-state index is 13.5. The lowest BCUT2D eigenvalue weighted by molar-refractivity contribution is 0.0186. The second kappa shape index (κ2) is 8.26. The van der Waals surface area contributed by atoms with Gasteiger partial charge in [-0.15, -0.1) is 0 Å². The summed E-state index contributed by atoms with van der Waals surface area (Å²) in [4.78, 5) is 0. The summed E-state index contributed by atoms with van der Waals surface area (Å²) in [5.41, 5.74) is 0.837. The van der Waals surface area contributed by atoms with E-state index in [1.165, 1.54) is 12.1 Å². The van der Waals surface area contributed by atoms with E-state index in [1.807, 2.05) is 0 Å². The Morgan fingerprint density at radius 2 is 1.54 bits per heavy atom. The molecular weight excluding hydrogens is 324 g/mol. The average Bonchev–Trinajstić information content (AvgIpc) is 2.57. The third-order valence-corrected chi connectivity index (χ3v) is 3.61. The largest absolute Gasteiger partial charge is 0.396 e. The van der Waals surface area contributed by atoms with Crippen LogP contribution in [0, 0.1) is 29.2 Å². The molecule has 0 aliphatic heterocycles. The minimum Gasteiger partial charge on any atom is -0.396 e. The Kier molecular flexibility index (Phi) is 6.34. The van der Waals surface area contributed by atoms with Crippen molar-refractivity contribution in [3.63, 3.8) is 0 Å². The zero-order chi connectivity index (χ0) is 17.7. The third-order valence-electron chi connectivity index (χ3n) is 3.61. The summed E-state index contributed by atoms with van der Waals surface area (Å²) in [6, 6.07) is 6.84. The fraction of sp³-hybridized carbons (Fsp3) is 0.333. The zero-order valence-corrected chi connectivity index (χ0v) is 13.1. The molecule has 1 N–H and O–H groups in total. The molecule has 0 aliphatic rings. The first-order valence-electron chi connectivity index (χ1n) is 7.52. The standard InChI is InChI=1S/C18H18F4O2/c1-11(9-23)10-24-18(13-3-5-15(20)17(22)8-13)7-12-2-4-14(19)16(21)6-12/h2-6,8,11,18,23H,7,9-10H2,1H3. The molecule has 0 saturated carbocycles. The van der Waals surface area contributed by atoms with Gasteiger partial charge in [-0.05, 0) is 35.4 Å². The van der Waals surface area contributed by atoms with Crippen molar-refractivity contribution in [3.05, 3.63) is 70.8 Å². The third kappa shape index (κ3) is 4.79. The van der Waals surface area contributed by atoms with Gasteiger partial charge in [0.25, 0.3) is 0 Å². The SMILES string of the molecule is CC(CO)COC(Cc1ccc(F)c(F)c1)c1ccc(F)c(F)c1. The monoisotopic (exact) mass is 342 g/mol. The number of benzene rings is 2. The number of aliphatic hydroxyl groups is 1. The van der Waals surface area contributed by atoms with E-state index in [1.54, 1.807) is 6.92 Å². The van der Waals surface area contributed by atoms with Gasteiger partial charge in [0.05, 0.1) is 12.7 Å². The number of halogens is 4. The molecule has 2 aromatic carbocycles. The lowest BCUT2D eigenvalue weighted by atomic mass is 10.0. The Labute approximate surface area is 137 Å². The normalized spacial score (nSPS) is 13.8. The fourth-order valence-electron chi connectivity index (χ4n) is 2.20. The summed E-state index contributed by atoms with van der Waals surface area (Å²) in [5, 5.41) is 9.07. The summed E-state index contributed by atoms with van der Waals surface area (Å²) in [6.07, 6.45) is -0.528. The topological polar surface area (TPSA) is 29.5 Å². The number of hydrogen-bond acceptors (Lipinski definition) is 2. The van der Waals surface area contributed by atoms with Crippen LogP contribution in [0.25, 0.3) is 0 Å². The van der Waals surface area contributed by atoms with Crippen LogP contribution in [0.2, 0.25) is 0 Å². The Morgan fingerprint density at radius 1 is 0.917 bits per heavy atom. The first kappa shape index (κ1) is 18.4. The summed E-state index contributed by atoms with van der Waals surface area (Å²) >= 11 is 0. The number of hydrogen-bond donors (Lipinski definition) is 1. The van der Waals surface area contributed by atoms with Gasteiger partial charge in [0.2, 0.25) is 0 Å². The van der Waals surface area contributed by atoms with Gasteiger partial charge in [-0.1, -0.05) is 19.1 Å². The first-order chi connectivity index (χ1) is 11.4. The molecule has 0 aliphatic carbocycles. The maximum absolute atomic E-state index is 13.5. The van der Waals surface area contributed by atoms with Gasteiger partial charge < -0.3 is 9.84 Å². The van der Waals surface area contributed by atoms with Crippen LogP contribution in [-0.2, 0) is 11.2 Å². The first-order valence-corrected chi connectivity index (χ1v) is 7.52. The van der Waals surface area contributed by atoms with Gasteiger partial charge in [0.1, 0.15) is 0 Å². The Morgan fingerprint density at radius 3 is 2.12 bits per heavy atom. The van der Waals surface area contributed by atoms with Crippen LogP contribution in [-0.4, -0.2) is 18.3 Å². The molecule has 2 unspecified atom stereocenters. The molecule has 130 valence electrons. The van der Waals surface area contributed by atoms with E-state index in [9.17, 15) is 17.6 Å². The molecule has 0 fully saturated rings. The van der Waals surface area contributed by atoms with Gasteiger partial charge in [0, 0.05) is 18.9 Å². The molecule has 2 rings (SSSR count). The predicted octanol–water partition coefficient (Wildman–Crippen LogP) is 4.17. The average molecular weight is 342 g/mol. The molecule has 0 spiro atoms. The Balaban J connectivity index is 2.23. The van der Waals surface area contributed by atoms with Crippen molar-refractivity contribution in [2.24, 2.45) is 5.92 Å². The van der Waals surface area contributed by atoms with E-state index in [2.05, 4.69) is 0 Å². The second-order valence-corrected chi connectivity index (χ2v) is 5.74. The minimum atomic E-state index is -1.01. The smallest absolute Gasteiger partial charge is 0.159 e. The molecule has 2 nitrogen and oxygen atoms in total.